The van der Waals surface area contributed by atoms with Crippen molar-refractivity contribution < 1.29 is 23.7 Å². The van der Waals surface area contributed by atoms with Crippen LogP contribution in [-0.2, 0) is 0 Å². The van der Waals surface area contributed by atoms with Gasteiger partial charge in [-0.3, -0.25) is 4.79 Å². The quantitative estimate of drug-likeness (QED) is 0.483. The molecule has 0 saturated carbocycles. The Morgan fingerprint density at radius 2 is 1.42 bits per heavy atom. The Kier molecular flexibility index (Phi) is 9.50. The third-order valence-corrected chi connectivity index (χ3v) is 4.31. The van der Waals surface area contributed by atoms with Crippen molar-refractivity contribution in [3.63, 3.8) is 0 Å². The third-order valence-electron chi connectivity index (χ3n) is 4.31. The smallest absolute Gasteiger partial charge is 0.258 e. The van der Waals surface area contributed by atoms with E-state index in [2.05, 4.69) is 6.07 Å². The van der Waals surface area contributed by atoms with Gasteiger partial charge in [0.05, 0.1) is 38.9 Å². The van der Waals surface area contributed by atoms with Gasteiger partial charge in [-0.15, -0.1) is 0 Å². The average molecular weight is 427 g/mol. The number of carbonyl (C=O) groups is 1. The number of nitrogens with zero attached hydrogens (tertiary/aromatic N) is 2. The van der Waals surface area contributed by atoms with E-state index in [4.69, 9.17) is 24.2 Å². The molecule has 0 aliphatic heterocycles. The van der Waals surface area contributed by atoms with Crippen LogP contribution in [0, 0.1) is 11.3 Å². The van der Waals surface area contributed by atoms with Gasteiger partial charge in [0.2, 0.25) is 5.75 Å². The molecule has 166 valence electrons. The third kappa shape index (κ3) is 6.29. The predicted molar refractivity (Wildman–Crippen MR) is 119 cm³/mol. The van der Waals surface area contributed by atoms with Crippen LogP contribution in [0.5, 0.6) is 23.0 Å². The number of ether oxygens (including phenoxy) is 4. The number of amides is 1. The highest BCUT2D eigenvalue weighted by Crippen LogP contribution is 2.39. The van der Waals surface area contributed by atoms with Crippen LogP contribution < -0.4 is 23.8 Å². The van der Waals surface area contributed by atoms with Gasteiger partial charge >= 0.3 is 0 Å². The lowest BCUT2D eigenvalue weighted by Crippen LogP contribution is -2.32. The molecular formula is C24H30N2O5. The van der Waals surface area contributed by atoms with E-state index in [1.54, 1.807) is 29.2 Å². The lowest BCUT2D eigenvalue weighted by molar-refractivity contribution is 0.0986. The molecule has 0 aliphatic carbocycles. The molecule has 2 aromatic carbocycles. The van der Waals surface area contributed by atoms with Gasteiger partial charge in [0.1, 0.15) is 5.75 Å². The molecule has 2 rings (SSSR count). The minimum Gasteiger partial charge on any atom is -0.494 e. The number of hydrogen-bond donors (Lipinski definition) is 0. The van der Waals surface area contributed by atoms with E-state index in [-0.39, 0.29) is 18.9 Å². The van der Waals surface area contributed by atoms with E-state index < -0.39 is 0 Å². The summed E-state index contributed by atoms with van der Waals surface area (Å²) in [6, 6.07) is 12.7. The first kappa shape index (κ1) is 23.9. The summed E-state index contributed by atoms with van der Waals surface area (Å²) in [5, 5.41) is 9.09. The van der Waals surface area contributed by atoms with Crippen molar-refractivity contribution in [2.75, 3.05) is 37.9 Å². The highest BCUT2D eigenvalue weighted by Gasteiger charge is 2.23. The topological polar surface area (TPSA) is 81.0 Å². The van der Waals surface area contributed by atoms with Crippen LogP contribution in [0.1, 0.15) is 44.5 Å². The van der Waals surface area contributed by atoms with Crippen molar-refractivity contribution in [3.8, 4) is 29.1 Å². The first-order chi connectivity index (χ1) is 15.1. The number of anilines is 1. The number of nitriles is 1. The van der Waals surface area contributed by atoms with Gasteiger partial charge in [0.15, 0.2) is 11.5 Å². The second-order valence-corrected chi connectivity index (χ2v) is 6.39. The Morgan fingerprint density at radius 1 is 0.871 bits per heavy atom. The molecular weight excluding hydrogens is 396 g/mol. The van der Waals surface area contributed by atoms with E-state index in [0.717, 1.165) is 5.75 Å². The van der Waals surface area contributed by atoms with E-state index in [1.165, 1.54) is 0 Å². The Hall–Kier alpha value is -3.40. The van der Waals surface area contributed by atoms with Gasteiger partial charge < -0.3 is 23.8 Å². The summed E-state index contributed by atoms with van der Waals surface area (Å²) in [4.78, 5) is 15.0. The maximum atomic E-state index is 13.5. The van der Waals surface area contributed by atoms with Gasteiger partial charge in [0, 0.05) is 17.8 Å². The lowest BCUT2D eigenvalue weighted by Gasteiger charge is -2.23. The average Bonchev–Trinajstić information content (AvgIpc) is 2.77. The summed E-state index contributed by atoms with van der Waals surface area (Å²) in [5.41, 5.74) is 1.07. The van der Waals surface area contributed by atoms with Crippen LogP contribution in [0.4, 0.5) is 5.69 Å². The zero-order chi connectivity index (χ0) is 22.6. The Morgan fingerprint density at radius 3 is 1.90 bits per heavy atom. The Labute approximate surface area is 184 Å². The number of rotatable bonds is 12. The van der Waals surface area contributed by atoms with Gasteiger partial charge in [0.25, 0.3) is 5.91 Å². The van der Waals surface area contributed by atoms with Gasteiger partial charge in [-0.05, 0) is 64.1 Å². The van der Waals surface area contributed by atoms with Gasteiger partial charge in [-0.1, -0.05) is 0 Å². The van der Waals surface area contributed by atoms with Crippen molar-refractivity contribution in [2.45, 2.75) is 34.1 Å². The summed E-state index contributed by atoms with van der Waals surface area (Å²) in [6.07, 6.45) is 0.201. The SMILES string of the molecule is CCOc1ccc(N(CCC#N)C(=O)c2cc(OCC)c(OCC)c(OCC)c2)cc1. The molecule has 1 amide bonds. The summed E-state index contributed by atoms with van der Waals surface area (Å²) in [6.45, 7) is 9.60. The molecule has 0 N–H and O–H groups in total. The maximum Gasteiger partial charge on any atom is 0.258 e. The standard InChI is InChI=1S/C24H30N2O5/c1-5-28-20-12-10-19(11-13-20)26(15-9-14-25)24(27)18-16-21(29-6-2)23(31-8-4)22(17-18)30-7-3/h10-13,16-17H,5-9,15H2,1-4H3. The van der Waals surface area contributed by atoms with E-state index in [0.29, 0.717) is 54.9 Å². The van der Waals surface area contributed by atoms with Crippen molar-refractivity contribution >= 4 is 11.6 Å². The highest BCUT2D eigenvalue weighted by atomic mass is 16.5. The molecule has 0 radical (unpaired) electrons. The highest BCUT2D eigenvalue weighted by molar-refractivity contribution is 6.07. The first-order valence-corrected chi connectivity index (χ1v) is 10.6. The fourth-order valence-corrected chi connectivity index (χ4v) is 3.07. The summed E-state index contributed by atoms with van der Waals surface area (Å²) in [5.74, 6) is 1.84. The van der Waals surface area contributed by atoms with Crippen LogP contribution in [0.2, 0.25) is 0 Å². The minimum absolute atomic E-state index is 0.201. The van der Waals surface area contributed by atoms with Crippen LogP contribution in [0.3, 0.4) is 0 Å². The zero-order valence-corrected chi connectivity index (χ0v) is 18.6. The molecule has 7 heteroatoms. The van der Waals surface area contributed by atoms with Crippen LogP contribution in [0.15, 0.2) is 36.4 Å². The van der Waals surface area contributed by atoms with Crippen molar-refractivity contribution in [1.29, 1.82) is 5.26 Å². The molecule has 0 saturated heterocycles. The summed E-state index contributed by atoms with van der Waals surface area (Å²) >= 11 is 0. The first-order valence-electron chi connectivity index (χ1n) is 10.6. The molecule has 0 unspecified atom stereocenters. The van der Waals surface area contributed by atoms with Crippen LogP contribution in [-0.4, -0.2) is 38.9 Å². The molecule has 2 aromatic rings. The predicted octanol–water partition coefficient (Wildman–Crippen LogP) is 4.84. The molecule has 0 heterocycles. The second kappa shape index (κ2) is 12.3. The summed E-state index contributed by atoms with van der Waals surface area (Å²) in [7, 11) is 0. The molecule has 0 atom stereocenters. The van der Waals surface area contributed by atoms with E-state index in [1.807, 2.05) is 39.8 Å². The Balaban J connectivity index is 2.48. The molecule has 7 nitrogen and oxygen atoms in total. The van der Waals surface area contributed by atoms with Crippen molar-refractivity contribution in [3.05, 3.63) is 42.0 Å². The van der Waals surface area contributed by atoms with Gasteiger partial charge in [-0.2, -0.15) is 5.26 Å². The van der Waals surface area contributed by atoms with E-state index >= 15 is 0 Å². The molecule has 31 heavy (non-hydrogen) atoms. The van der Waals surface area contributed by atoms with Gasteiger partial charge in [-0.25, -0.2) is 0 Å². The number of hydrogen-bond acceptors (Lipinski definition) is 6. The molecule has 0 spiro atoms. The molecule has 0 bridgehead atoms. The minimum atomic E-state index is -0.260. The number of carbonyl (C=O) groups excluding carboxylic acids is 1. The van der Waals surface area contributed by atoms with Crippen LogP contribution in [0.25, 0.3) is 0 Å². The van der Waals surface area contributed by atoms with Crippen molar-refractivity contribution in [2.24, 2.45) is 0 Å². The second-order valence-electron chi connectivity index (χ2n) is 6.39. The Bertz CT molecular complexity index is 863. The monoisotopic (exact) mass is 426 g/mol. The van der Waals surface area contributed by atoms with E-state index in [9.17, 15) is 4.79 Å². The largest absolute Gasteiger partial charge is 0.494 e. The summed E-state index contributed by atoms with van der Waals surface area (Å²) < 4.78 is 22.7. The van der Waals surface area contributed by atoms with Crippen molar-refractivity contribution in [1.82, 2.24) is 0 Å². The molecule has 0 aromatic heterocycles. The normalized spacial score (nSPS) is 10.2. The molecule has 0 aliphatic rings. The zero-order valence-electron chi connectivity index (χ0n) is 18.6. The number of benzene rings is 2. The van der Waals surface area contributed by atoms with Crippen LogP contribution >= 0.6 is 0 Å². The lowest BCUT2D eigenvalue weighted by atomic mass is 10.1. The fraction of sp³-hybridized carbons (Fsp3) is 0.417. The fourth-order valence-electron chi connectivity index (χ4n) is 3.07. The maximum absolute atomic E-state index is 13.5. The molecule has 0 fully saturated rings.